The molecule has 1 N–H and O–H groups in total. The topological polar surface area (TPSA) is 49.8 Å². The van der Waals surface area contributed by atoms with Gasteiger partial charge in [0.2, 0.25) is 5.91 Å². The van der Waals surface area contributed by atoms with E-state index in [9.17, 15) is 4.79 Å². The molecule has 98 valence electrons. The van der Waals surface area contributed by atoms with Crippen molar-refractivity contribution >= 4 is 5.91 Å². The fraction of sp³-hybridized carbons (Fsp3) is 0.923. The van der Waals surface area contributed by atoms with Crippen molar-refractivity contribution in [3.05, 3.63) is 0 Å². The number of aliphatic hydroxyl groups is 1. The number of carbonyl (C=O) groups is 1. The summed E-state index contributed by atoms with van der Waals surface area (Å²) < 4.78 is 5.38. The quantitative estimate of drug-likeness (QED) is 0.789. The Morgan fingerprint density at radius 1 is 1.41 bits per heavy atom. The zero-order valence-corrected chi connectivity index (χ0v) is 10.7. The van der Waals surface area contributed by atoms with Gasteiger partial charge >= 0.3 is 0 Å². The standard InChI is InChI=1S/C13H23NO3/c1-13(5-3-2-4-6-13)12(16)14-7-8-17-11(9-14)10-15/h11,15H,2-10H2,1H3. The van der Waals surface area contributed by atoms with Crippen LogP contribution in [0.4, 0.5) is 0 Å². The lowest BCUT2D eigenvalue weighted by atomic mass is 9.74. The third-order valence-electron chi connectivity index (χ3n) is 4.10. The second-order valence-electron chi connectivity index (χ2n) is 5.55. The Balaban J connectivity index is 1.98. The molecule has 0 bridgehead atoms. The maximum atomic E-state index is 12.5. The molecule has 0 radical (unpaired) electrons. The van der Waals surface area contributed by atoms with Crippen LogP contribution in [-0.2, 0) is 9.53 Å². The summed E-state index contributed by atoms with van der Waals surface area (Å²) >= 11 is 0. The van der Waals surface area contributed by atoms with Crippen LogP contribution in [0, 0.1) is 5.41 Å². The van der Waals surface area contributed by atoms with E-state index >= 15 is 0 Å². The number of ether oxygens (including phenoxy) is 1. The summed E-state index contributed by atoms with van der Waals surface area (Å²) in [5, 5.41) is 9.10. The molecule has 1 saturated heterocycles. The van der Waals surface area contributed by atoms with Gasteiger partial charge in [0.25, 0.3) is 0 Å². The van der Waals surface area contributed by atoms with Crippen LogP contribution in [0.5, 0.6) is 0 Å². The molecule has 1 unspecified atom stereocenters. The van der Waals surface area contributed by atoms with Crippen molar-refractivity contribution in [1.82, 2.24) is 4.90 Å². The van der Waals surface area contributed by atoms with Crippen molar-refractivity contribution in [3.63, 3.8) is 0 Å². The third kappa shape index (κ3) is 2.80. The van der Waals surface area contributed by atoms with Gasteiger partial charge in [0.05, 0.1) is 19.3 Å². The molecule has 1 aliphatic carbocycles. The minimum absolute atomic E-state index is 0.000490. The zero-order chi connectivity index (χ0) is 12.3. The summed E-state index contributed by atoms with van der Waals surface area (Å²) in [4.78, 5) is 14.4. The molecule has 1 amide bonds. The number of hydrogen-bond donors (Lipinski definition) is 1. The summed E-state index contributed by atoms with van der Waals surface area (Å²) in [7, 11) is 0. The first kappa shape index (κ1) is 12.8. The lowest BCUT2D eigenvalue weighted by Crippen LogP contribution is -2.52. The average molecular weight is 241 g/mol. The Labute approximate surface area is 103 Å². The van der Waals surface area contributed by atoms with Crippen molar-refractivity contribution in [2.24, 2.45) is 5.41 Å². The highest BCUT2D eigenvalue weighted by atomic mass is 16.5. The molecule has 4 nitrogen and oxygen atoms in total. The van der Waals surface area contributed by atoms with Crippen LogP contribution in [0.2, 0.25) is 0 Å². The van der Waals surface area contributed by atoms with Gasteiger partial charge in [-0.3, -0.25) is 4.79 Å². The van der Waals surface area contributed by atoms with Crippen LogP contribution in [-0.4, -0.2) is 48.3 Å². The number of carbonyl (C=O) groups excluding carboxylic acids is 1. The number of nitrogens with zero attached hydrogens (tertiary/aromatic N) is 1. The number of rotatable bonds is 2. The Bertz CT molecular complexity index is 274. The van der Waals surface area contributed by atoms with Gasteiger partial charge in [0, 0.05) is 18.5 Å². The minimum Gasteiger partial charge on any atom is -0.394 e. The predicted octanol–water partition coefficient (Wildman–Crippen LogP) is 1.18. The highest BCUT2D eigenvalue weighted by Gasteiger charge is 2.39. The molecule has 1 heterocycles. The van der Waals surface area contributed by atoms with Gasteiger partial charge in [-0.25, -0.2) is 0 Å². The maximum absolute atomic E-state index is 12.5. The summed E-state index contributed by atoms with van der Waals surface area (Å²) in [6.07, 6.45) is 5.40. The Morgan fingerprint density at radius 2 is 2.12 bits per heavy atom. The first-order valence-electron chi connectivity index (χ1n) is 6.67. The monoisotopic (exact) mass is 241 g/mol. The van der Waals surface area contributed by atoms with E-state index in [2.05, 4.69) is 6.92 Å². The molecule has 2 aliphatic rings. The van der Waals surface area contributed by atoms with E-state index in [1.165, 1.54) is 6.42 Å². The van der Waals surface area contributed by atoms with Crippen LogP contribution in [0.1, 0.15) is 39.0 Å². The molecule has 0 spiro atoms. The van der Waals surface area contributed by atoms with E-state index in [0.717, 1.165) is 25.7 Å². The van der Waals surface area contributed by atoms with Crippen molar-refractivity contribution in [1.29, 1.82) is 0 Å². The van der Waals surface area contributed by atoms with Crippen LogP contribution < -0.4 is 0 Å². The maximum Gasteiger partial charge on any atom is 0.228 e. The fourth-order valence-corrected chi connectivity index (χ4v) is 2.94. The van der Waals surface area contributed by atoms with Crippen molar-refractivity contribution in [2.45, 2.75) is 45.1 Å². The summed E-state index contributed by atoms with van der Waals surface area (Å²) in [6.45, 7) is 3.86. The molecule has 1 saturated carbocycles. The molecule has 0 aromatic carbocycles. The summed E-state index contributed by atoms with van der Waals surface area (Å²) in [5.41, 5.74) is -0.171. The number of morpholine rings is 1. The van der Waals surface area contributed by atoms with Crippen LogP contribution in [0.15, 0.2) is 0 Å². The van der Waals surface area contributed by atoms with Crippen molar-refractivity contribution < 1.29 is 14.6 Å². The molecule has 1 atom stereocenters. The minimum atomic E-state index is -0.195. The van der Waals surface area contributed by atoms with Gasteiger partial charge in [-0.05, 0) is 12.8 Å². The van der Waals surface area contributed by atoms with Gasteiger partial charge in [-0.15, -0.1) is 0 Å². The lowest BCUT2D eigenvalue weighted by molar-refractivity contribution is -0.152. The smallest absolute Gasteiger partial charge is 0.228 e. The lowest BCUT2D eigenvalue weighted by Gasteiger charge is -2.40. The van der Waals surface area contributed by atoms with Gasteiger partial charge in [0.15, 0.2) is 0 Å². The molecule has 2 fully saturated rings. The Kier molecular flexibility index (Phi) is 4.05. The largest absolute Gasteiger partial charge is 0.394 e. The molecular weight excluding hydrogens is 218 g/mol. The number of hydrogen-bond acceptors (Lipinski definition) is 3. The second kappa shape index (κ2) is 5.36. The number of amides is 1. The van der Waals surface area contributed by atoms with E-state index in [0.29, 0.717) is 19.7 Å². The van der Waals surface area contributed by atoms with E-state index in [4.69, 9.17) is 9.84 Å². The third-order valence-corrected chi connectivity index (χ3v) is 4.10. The van der Waals surface area contributed by atoms with E-state index in [1.807, 2.05) is 4.90 Å². The van der Waals surface area contributed by atoms with Gasteiger partial charge in [0.1, 0.15) is 0 Å². The van der Waals surface area contributed by atoms with Crippen LogP contribution >= 0.6 is 0 Å². The van der Waals surface area contributed by atoms with E-state index in [1.54, 1.807) is 0 Å². The van der Waals surface area contributed by atoms with Gasteiger partial charge < -0.3 is 14.7 Å². The van der Waals surface area contributed by atoms with Gasteiger partial charge in [-0.1, -0.05) is 26.2 Å². The van der Waals surface area contributed by atoms with Crippen LogP contribution in [0.3, 0.4) is 0 Å². The van der Waals surface area contributed by atoms with E-state index in [-0.39, 0.29) is 24.0 Å². The molecule has 17 heavy (non-hydrogen) atoms. The molecule has 1 aliphatic heterocycles. The van der Waals surface area contributed by atoms with E-state index < -0.39 is 0 Å². The predicted molar refractivity (Wildman–Crippen MR) is 64.6 cm³/mol. The van der Waals surface area contributed by atoms with Crippen molar-refractivity contribution in [2.75, 3.05) is 26.3 Å². The van der Waals surface area contributed by atoms with Crippen molar-refractivity contribution in [3.8, 4) is 0 Å². The fourth-order valence-electron chi connectivity index (χ4n) is 2.94. The first-order valence-corrected chi connectivity index (χ1v) is 6.67. The molecule has 0 aromatic rings. The molecule has 2 rings (SSSR count). The number of aliphatic hydroxyl groups excluding tert-OH is 1. The van der Waals surface area contributed by atoms with Crippen LogP contribution in [0.25, 0.3) is 0 Å². The Hall–Kier alpha value is -0.610. The average Bonchev–Trinajstić information content (AvgIpc) is 2.39. The summed E-state index contributed by atoms with van der Waals surface area (Å²) in [5.74, 6) is 0.263. The molecular formula is C13H23NO3. The Morgan fingerprint density at radius 3 is 2.76 bits per heavy atom. The zero-order valence-electron chi connectivity index (χ0n) is 10.7. The molecule has 4 heteroatoms. The highest BCUT2D eigenvalue weighted by molar-refractivity contribution is 5.82. The summed E-state index contributed by atoms with van der Waals surface area (Å²) in [6, 6.07) is 0. The van der Waals surface area contributed by atoms with Gasteiger partial charge in [-0.2, -0.15) is 0 Å². The molecule has 0 aromatic heterocycles. The SMILES string of the molecule is CC1(C(=O)N2CCOC(CO)C2)CCCCC1. The first-order chi connectivity index (χ1) is 8.15. The normalized spacial score (nSPS) is 29.1. The highest BCUT2D eigenvalue weighted by Crippen LogP contribution is 2.37. The second-order valence-corrected chi connectivity index (χ2v) is 5.55.